The number of hydrogen-bond acceptors (Lipinski definition) is 4. The van der Waals surface area contributed by atoms with Gasteiger partial charge in [0, 0.05) is 20.0 Å². The van der Waals surface area contributed by atoms with Crippen molar-refractivity contribution in [3.8, 4) is 11.5 Å². The van der Waals surface area contributed by atoms with Crippen LogP contribution < -0.4 is 5.73 Å². The first-order chi connectivity index (χ1) is 8.68. The van der Waals surface area contributed by atoms with E-state index in [1.54, 1.807) is 4.68 Å². The van der Waals surface area contributed by atoms with Crippen molar-refractivity contribution < 1.29 is 0 Å². The zero-order chi connectivity index (χ0) is 12.7. The molecule has 0 fully saturated rings. The van der Waals surface area contributed by atoms with Crippen LogP contribution >= 0.6 is 0 Å². The molecule has 0 saturated heterocycles. The molecule has 0 bridgehead atoms. The molecule has 18 heavy (non-hydrogen) atoms. The number of nitrogens with two attached hydrogens (primary N) is 1. The Balaban J connectivity index is 2.12. The van der Waals surface area contributed by atoms with E-state index in [0.717, 1.165) is 36.0 Å². The highest BCUT2D eigenvalue weighted by atomic mass is 15.3. The highest BCUT2D eigenvalue weighted by Crippen LogP contribution is 2.27. The maximum Gasteiger partial charge on any atom is 0.186 e. The van der Waals surface area contributed by atoms with Crippen LogP contribution in [0.1, 0.15) is 30.8 Å². The molecule has 0 aromatic carbocycles. The predicted molar refractivity (Wildman–Crippen MR) is 68.9 cm³/mol. The smallest absolute Gasteiger partial charge is 0.186 e. The molecule has 0 saturated carbocycles. The quantitative estimate of drug-likeness (QED) is 0.823. The van der Waals surface area contributed by atoms with Crippen molar-refractivity contribution in [2.24, 2.45) is 7.05 Å². The zero-order valence-corrected chi connectivity index (χ0v) is 10.8. The molecule has 2 aromatic rings. The lowest BCUT2D eigenvalue weighted by Crippen LogP contribution is -2.04. The lowest BCUT2D eigenvalue weighted by Gasteiger charge is -2.05. The third-order valence-electron chi connectivity index (χ3n) is 3.70. The molecule has 0 unspecified atom stereocenters. The van der Waals surface area contributed by atoms with Crippen LogP contribution in [0.15, 0.2) is 0 Å². The van der Waals surface area contributed by atoms with Crippen LogP contribution in [-0.2, 0) is 20.0 Å². The lowest BCUT2D eigenvalue weighted by molar-refractivity contribution is 0.634. The van der Waals surface area contributed by atoms with E-state index in [9.17, 15) is 0 Å². The van der Waals surface area contributed by atoms with E-state index in [0.29, 0.717) is 5.69 Å². The fourth-order valence-electron chi connectivity index (χ4n) is 2.45. The molecule has 0 radical (unpaired) electrons. The summed E-state index contributed by atoms with van der Waals surface area (Å²) in [5.41, 5.74) is 8.54. The largest absolute Gasteiger partial charge is 0.395 e. The molecule has 1 aliphatic heterocycles. The van der Waals surface area contributed by atoms with E-state index in [-0.39, 0.29) is 0 Å². The van der Waals surface area contributed by atoms with Crippen molar-refractivity contribution in [3.63, 3.8) is 0 Å². The van der Waals surface area contributed by atoms with Gasteiger partial charge in [0.1, 0.15) is 5.82 Å². The van der Waals surface area contributed by atoms with Crippen molar-refractivity contribution in [1.29, 1.82) is 0 Å². The van der Waals surface area contributed by atoms with Gasteiger partial charge in [-0.1, -0.05) is 6.42 Å². The van der Waals surface area contributed by atoms with Gasteiger partial charge in [-0.3, -0.25) is 4.68 Å². The molecule has 6 nitrogen and oxygen atoms in total. The summed E-state index contributed by atoms with van der Waals surface area (Å²) in [6, 6.07) is 0. The number of fused-ring (bicyclic) bond motifs is 1. The molecule has 0 atom stereocenters. The summed E-state index contributed by atoms with van der Waals surface area (Å²) < 4.78 is 3.97. The first kappa shape index (κ1) is 11.3. The number of rotatable bonds is 1. The van der Waals surface area contributed by atoms with Crippen molar-refractivity contribution >= 4 is 5.69 Å². The highest BCUT2D eigenvalue weighted by Gasteiger charge is 2.21. The van der Waals surface area contributed by atoms with Crippen molar-refractivity contribution in [3.05, 3.63) is 11.5 Å². The average Bonchev–Trinajstić information content (AvgIpc) is 2.75. The van der Waals surface area contributed by atoms with E-state index in [2.05, 4.69) is 19.9 Å². The standard InChI is InChI=1S/C12H18N6/c1-8-10(13)11(16-17(8)2)12-15-14-9-6-4-3-5-7-18(9)12/h3-7,13H2,1-2H3. The molecule has 0 amide bonds. The normalized spacial score (nSPS) is 15.4. The van der Waals surface area contributed by atoms with Crippen molar-refractivity contribution in [1.82, 2.24) is 24.5 Å². The van der Waals surface area contributed by atoms with Crippen LogP contribution in [0.5, 0.6) is 0 Å². The fourth-order valence-corrected chi connectivity index (χ4v) is 2.45. The van der Waals surface area contributed by atoms with Crippen LogP contribution in [0, 0.1) is 6.92 Å². The van der Waals surface area contributed by atoms with Crippen molar-refractivity contribution in [2.75, 3.05) is 5.73 Å². The van der Waals surface area contributed by atoms with Crippen molar-refractivity contribution in [2.45, 2.75) is 39.2 Å². The Morgan fingerprint density at radius 3 is 2.72 bits per heavy atom. The molecule has 0 spiro atoms. The second-order valence-corrected chi connectivity index (χ2v) is 4.87. The third-order valence-corrected chi connectivity index (χ3v) is 3.70. The maximum absolute atomic E-state index is 6.10. The SMILES string of the molecule is Cc1c(N)c(-c2nnc3n2CCCCC3)nn1C. The third kappa shape index (κ3) is 1.60. The topological polar surface area (TPSA) is 74.6 Å². The second-order valence-electron chi connectivity index (χ2n) is 4.87. The van der Waals surface area contributed by atoms with Gasteiger partial charge in [-0.05, 0) is 19.8 Å². The Labute approximate surface area is 106 Å². The molecular weight excluding hydrogens is 228 g/mol. The van der Waals surface area contributed by atoms with Gasteiger partial charge in [0.15, 0.2) is 11.5 Å². The predicted octanol–water partition coefficient (Wildman–Crippen LogP) is 1.30. The molecule has 2 aromatic heterocycles. The minimum atomic E-state index is 0.706. The molecule has 2 N–H and O–H groups in total. The van der Waals surface area contributed by atoms with Crippen LogP contribution in [0.4, 0.5) is 5.69 Å². The number of anilines is 1. The van der Waals surface area contributed by atoms with Gasteiger partial charge in [-0.2, -0.15) is 5.10 Å². The number of nitrogen functional groups attached to an aromatic ring is 1. The molecule has 0 aliphatic carbocycles. The Hall–Kier alpha value is -1.85. The Kier molecular flexibility index (Phi) is 2.57. The number of aromatic nitrogens is 5. The minimum absolute atomic E-state index is 0.706. The summed E-state index contributed by atoms with van der Waals surface area (Å²) in [5, 5.41) is 13.0. The number of aryl methyl sites for hydroxylation is 2. The van der Waals surface area contributed by atoms with Crippen LogP contribution in [0.2, 0.25) is 0 Å². The summed E-state index contributed by atoms with van der Waals surface area (Å²) in [6.07, 6.45) is 4.61. The monoisotopic (exact) mass is 246 g/mol. The van der Waals surface area contributed by atoms with E-state index < -0.39 is 0 Å². The van der Waals surface area contributed by atoms with E-state index in [4.69, 9.17) is 5.73 Å². The van der Waals surface area contributed by atoms with Gasteiger partial charge < -0.3 is 10.3 Å². The van der Waals surface area contributed by atoms with E-state index >= 15 is 0 Å². The van der Waals surface area contributed by atoms with Gasteiger partial charge >= 0.3 is 0 Å². The summed E-state index contributed by atoms with van der Waals surface area (Å²) >= 11 is 0. The summed E-state index contributed by atoms with van der Waals surface area (Å²) in [6.45, 7) is 2.93. The van der Waals surface area contributed by atoms with Gasteiger partial charge in [-0.25, -0.2) is 0 Å². The van der Waals surface area contributed by atoms with Crippen LogP contribution in [0.3, 0.4) is 0 Å². The fraction of sp³-hybridized carbons (Fsp3) is 0.583. The Morgan fingerprint density at radius 2 is 2.00 bits per heavy atom. The highest BCUT2D eigenvalue weighted by molar-refractivity contribution is 5.69. The Bertz CT molecular complexity index is 580. The van der Waals surface area contributed by atoms with Gasteiger partial charge in [0.2, 0.25) is 0 Å². The van der Waals surface area contributed by atoms with E-state index in [1.165, 1.54) is 19.3 Å². The second kappa shape index (κ2) is 4.12. The molecule has 3 heterocycles. The molecule has 6 heteroatoms. The molecule has 3 rings (SSSR count). The van der Waals surface area contributed by atoms with Crippen LogP contribution in [-0.4, -0.2) is 24.5 Å². The van der Waals surface area contributed by atoms with Gasteiger partial charge in [0.25, 0.3) is 0 Å². The van der Waals surface area contributed by atoms with E-state index in [1.807, 2.05) is 14.0 Å². The molecule has 1 aliphatic rings. The van der Waals surface area contributed by atoms with Gasteiger partial charge in [-0.15, -0.1) is 10.2 Å². The van der Waals surface area contributed by atoms with Gasteiger partial charge in [0.05, 0.1) is 11.4 Å². The number of nitrogens with zero attached hydrogens (tertiary/aromatic N) is 5. The number of hydrogen-bond donors (Lipinski definition) is 1. The average molecular weight is 246 g/mol. The molecule has 96 valence electrons. The maximum atomic E-state index is 6.10. The minimum Gasteiger partial charge on any atom is -0.395 e. The Morgan fingerprint density at radius 1 is 1.17 bits per heavy atom. The first-order valence-electron chi connectivity index (χ1n) is 6.40. The lowest BCUT2D eigenvalue weighted by atomic mass is 10.2. The summed E-state index contributed by atoms with van der Waals surface area (Å²) in [4.78, 5) is 0. The first-order valence-corrected chi connectivity index (χ1v) is 6.40. The van der Waals surface area contributed by atoms with Crippen LogP contribution in [0.25, 0.3) is 11.5 Å². The summed E-state index contributed by atoms with van der Waals surface area (Å²) in [5.74, 6) is 1.87. The molecular formula is C12H18N6. The zero-order valence-electron chi connectivity index (χ0n) is 10.8. The summed E-state index contributed by atoms with van der Waals surface area (Å²) in [7, 11) is 1.90.